The lowest BCUT2D eigenvalue weighted by Gasteiger charge is -2.42. The van der Waals surface area contributed by atoms with Crippen molar-refractivity contribution in [3.63, 3.8) is 0 Å². The fraction of sp³-hybridized carbons (Fsp3) is 1.00. The monoisotopic (exact) mass is 362 g/mol. The van der Waals surface area contributed by atoms with E-state index in [0.717, 1.165) is 0 Å². The Kier molecular flexibility index (Phi) is 4.86. The zero-order valence-electron chi connectivity index (χ0n) is 11.3. The van der Waals surface area contributed by atoms with Crippen LogP contribution in [0.5, 0.6) is 0 Å². The summed E-state index contributed by atoms with van der Waals surface area (Å²) in [4.78, 5) is 0. The van der Waals surface area contributed by atoms with E-state index in [4.69, 9.17) is 47.3 Å². The van der Waals surface area contributed by atoms with E-state index in [1.807, 2.05) is 0 Å². The second kappa shape index (κ2) is 6.27. The number of aliphatic hydroxyl groups is 3. The molecule has 0 aromatic carbocycles. The highest BCUT2D eigenvalue weighted by Gasteiger charge is 2.68. The first-order chi connectivity index (χ1) is 10.5. The molecule has 0 aromatic heterocycles. The third kappa shape index (κ3) is 2.64. The first-order valence-electron chi connectivity index (χ1n) is 6.87. The van der Waals surface area contributed by atoms with Crippen molar-refractivity contribution in [2.24, 2.45) is 0 Å². The Morgan fingerprint density at radius 2 is 1.86 bits per heavy atom. The lowest BCUT2D eigenvalue weighted by atomic mass is 10.0. The van der Waals surface area contributed by atoms with Gasteiger partial charge in [0.05, 0.1) is 18.4 Å². The summed E-state index contributed by atoms with van der Waals surface area (Å²) in [5.74, 6) is -1.36. The van der Waals surface area contributed by atoms with E-state index in [0.29, 0.717) is 0 Å². The number of epoxide rings is 1. The molecule has 3 saturated heterocycles. The van der Waals surface area contributed by atoms with Gasteiger partial charge in [-0.05, 0) is 0 Å². The van der Waals surface area contributed by atoms with Crippen LogP contribution in [-0.2, 0) is 18.9 Å². The topological polar surface area (TPSA) is 101 Å². The number of rotatable bonds is 5. The summed E-state index contributed by atoms with van der Waals surface area (Å²) >= 11 is 11.7. The lowest BCUT2D eigenvalue weighted by molar-refractivity contribution is -0.365. The maximum atomic E-state index is 13.7. The van der Waals surface area contributed by atoms with Crippen LogP contribution in [0.25, 0.3) is 0 Å². The molecule has 3 aliphatic rings. The van der Waals surface area contributed by atoms with Crippen LogP contribution >= 0.6 is 23.2 Å². The van der Waals surface area contributed by atoms with Gasteiger partial charge in [-0.3, -0.25) is 0 Å². The van der Waals surface area contributed by atoms with E-state index in [1.165, 1.54) is 0 Å². The predicted molar refractivity (Wildman–Crippen MR) is 71.4 cm³/mol. The fourth-order valence-electron chi connectivity index (χ4n) is 2.84. The van der Waals surface area contributed by atoms with Gasteiger partial charge in [0.15, 0.2) is 12.5 Å². The fourth-order valence-corrected chi connectivity index (χ4v) is 3.36. The molecule has 0 saturated carbocycles. The van der Waals surface area contributed by atoms with Crippen LogP contribution in [0.3, 0.4) is 0 Å². The Balaban J connectivity index is 1.74. The molecule has 0 amide bonds. The highest BCUT2D eigenvalue weighted by Crippen LogP contribution is 2.49. The van der Waals surface area contributed by atoms with Crippen molar-refractivity contribution >= 4 is 23.2 Å². The summed E-state index contributed by atoms with van der Waals surface area (Å²) in [5.41, 5.74) is 0. The maximum Gasteiger partial charge on any atom is 0.214 e. The van der Waals surface area contributed by atoms with E-state index in [-0.39, 0.29) is 17.9 Å². The highest BCUT2D eigenvalue weighted by molar-refractivity contribution is 6.19. The molecule has 3 N–H and O–H groups in total. The van der Waals surface area contributed by atoms with Crippen LogP contribution in [-0.4, -0.2) is 88.6 Å². The van der Waals surface area contributed by atoms with E-state index in [2.05, 4.69) is 0 Å². The van der Waals surface area contributed by atoms with Gasteiger partial charge in [-0.25, -0.2) is 4.39 Å². The summed E-state index contributed by atoms with van der Waals surface area (Å²) < 4.78 is 35.5. The zero-order valence-corrected chi connectivity index (χ0v) is 12.9. The van der Waals surface area contributed by atoms with Gasteiger partial charge in [0.25, 0.3) is 0 Å². The number of ether oxygens (including phenoxy) is 4. The summed E-state index contributed by atoms with van der Waals surface area (Å²) in [5, 5.41) is 28.7. The molecule has 3 fully saturated rings. The number of fused-ring (bicyclic) bond motifs is 1. The second-order valence-electron chi connectivity index (χ2n) is 5.55. The number of alkyl halides is 3. The van der Waals surface area contributed by atoms with Crippen LogP contribution in [0.15, 0.2) is 0 Å². The van der Waals surface area contributed by atoms with Gasteiger partial charge < -0.3 is 34.3 Å². The van der Waals surface area contributed by atoms with E-state index < -0.39 is 55.4 Å². The Hall–Kier alpha value is 0.230. The molecule has 3 rings (SSSR count). The Morgan fingerprint density at radius 1 is 1.14 bits per heavy atom. The quantitative estimate of drug-likeness (QED) is 0.431. The number of hydrogen-bond donors (Lipinski definition) is 3. The third-order valence-electron chi connectivity index (χ3n) is 4.13. The molecule has 3 heterocycles. The number of aliphatic hydroxyl groups excluding tert-OH is 3. The molecular weight excluding hydrogens is 346 g/mol. The summed E-state index contributed by atoms with van der Waals surface area (Å²) in [7, 11) is 0. The normalized spacial score (nSPS) is 54.3. The van der Waals surface area contributed by atoms with Crippen molar-refractivity contribution in [3.05, 3.63) is 0 Å². The van der Waals surface area contributed by atoms with Crippen LogP contribution in [0.2, 0.25) is 0 Å². The first kappa shape index (κ1) is 17.1. The molecule has 7 nitrogen and oxygen atoms in total. The van der Waals surface area contributed by atoms with Gasteiger partial charge in [0.2, 0.25) is 5.79 Å². The van der Waals surface area contributed by atoms with E-state index in [1.54, 1.807) is 0 Å². The van der Waals surface area contributed by atoms with Crippen LogP contribution in [0, 0.1) is 0 Å². The van der Waals surface area contributed by atoms with E-state index >= 15 is 0 Å². The Bertz CT molecular complexity index is 417. The molecule has 0 aliphatic carbocycles. The van der Waals surface area contributed by atoms with Gasteiger partial charge in [0, 0.05) is 0 Å². The standard InChI is InChI=1S/C12H17Cl2FO7/c13-1-4-9-10(20-9)12(3-14,21-4)22-11-8(18)7(17)6(15)5(2-16)19-11/h4-11,16-18H,1-3H2/t4-,5-,6+,7+,8-,9+,10+,11-,12+/m1/s1. The molecule has 128 valence electrons. The lowest BCUT2D eigenvalue weighted by Crippen LogP contribution is -2.60. The number of hydrogen-bond acceptors (Lipinski definition) is 7. The van der Waals surface area contributed by atoms with Gasteiger partial charge in [-0.2, -0.15) is 0 Å². The minimum Gasteiger partial charge on any atom is -0.394 e. The minimum absolute atomic E-state index is 0.132. The van der Waals surface area contributed by atoms with Gasteiger partial charge >= 0.3 is 0 Å². The van der Waals surface area contributed by atoms with Gasteiger partial charge in [0.1, 0.15) is 36.6 Å². The van der Waals surface area contributed by atoms with Crippen molar-refractivity contribution < 1.29 is 38.7 Å². The van der Waals surface area contributed by atoms with Crippen molar-refractivity contribution in [1.82, 2.24) is 0 Å². The van der Waals surface area contributed by atoms with Crippen LogP contribution in [0.4, 0.5) is 4.39 Å². The van der Waals surface area contributed by atoms with Crippen molar-refractivity contribution in [1.29, 1.82) is 0 Å². The van der Waals surface area contributed by atoms with Crippen molar-refractivity contribution in [3.8, 4) is 0 Å². The summed E-state index contributed by atoms with van der Waals surface area (Å²) in [6, 6.07) is 0. The first-order valence-corrected chi connectivity index (χ1v) is 7.94. The number of halogens is 3. The van der Waals surface area contributed by atoms with Crippen LogP contribution < -0.4 is 0 Å². The molecule has 0 aromatic rings. The average molecular weight is 363 g/mol. The van der Waals surface area contributed by atoms with Gasteiger partial charge in [-0.1, -0.05) is 0 Å². The smallest absolute Gasteiger partial charge is 0.214 e. The third-order valence-corrected chi connectivity index (χ3v) is 4.81. The largest absolute Gasteiger partial charge is 0.394 e. The Morgan fingerprint density at radius 3 is 2.41 bits per heavy atom. The molecular formula is C12H17Cl2FO7. The van der Waals surface area contributed by atoms with Crippen molar-refractivity contribution in [2.75, 3.05) is 18.4 Å². The zero-order chi connectivity index (χ0) is 16.1. The SMILES string of the molecule is OC[C@H]1O[C@H](O[C@]2(CCl)O[C@H](CCl)[C@@H]3O[C@@H]32)[C@H](O)[C@@H](O)[C@H]1F. The average Bonchev–Trinajstić information content (AvgIpc) is 3.27. The molecule has 0 radical (unpaired) electrons. The minimum atomic E-state index is -1.93. The molecule has 10 heteroatoms. The molecule has 3 aliphatic heterocycles. The van der Waals surface area contributed by atoms with Crippen molar-refractivity contribution in [2.45, 2.75) is 54.9 Å². The van der Waals surface area contributed by atoms with E-state index in [9.17, 15) is 14.6 Å². The molecule has 22 heavy (non-hydrogen) atoms. The predicted octanol–water partition coefficient (Wildman–Crippen LogP) is -0.880. The molecule has 0 spiro atoms. The van der Waals surface area contributed by atoms with Gasteiger partial charge in [-0.15, -0.1) is 23.2 Å². The molecule has 9 atom stereocenters. The second-order valence-corrected chi connectivity index (χ2v) is 6.12. The highest BCUT2D eigenvalue weighted by atomic mass is 35.5. The molecule has 0 unspecified atom stereocenters. The van der Waals surface area contributed by atoms with Crippen LogP contribution in [0.1, 0.15) is 0 Å². The summed E-state index contributed by atoms with van der Waals surface area (Å²) in [6.45, 7) is -0.674. The Labute approximate surface area is 135 Å². The maximum absolute atomic E-state index is 13.7. The molecule has 0 bridgehead atoms. The summed E-state index contributed by atoms with van der Waals surface area (Å²) in [6.07, 6.45) is -9.25.